The molecule has 1 atom stereocenters. The Morgan fingerprint density at radius 1 is 1.26 bits per heavy atom. The Bertz CT molecular complexity index is 527. The first kappa shape index (κ1) is 13.3. The maximum Gasteiger partial charge on any atom is 0.236 e. The monoisotopic (exact) mass is 258 g/mol. The van der Waals surface area contributed by atoms with Crippen LogP contribution in [0.2, 0.25) is 0 Å². The van der Waals surface area contributed by atoms with Crippen molar-refractivity contribution >= 4 is 5.78 Å². The zero-order chi connectivity index (χ0) is 13.9. The second kappa shape index (κ2) is 5.26. The molecule has 0 spiro atoms. The average molecular weight is 258 g/mol. The number of para-hydroxylation sites is 1. The first-order chi connectivity index (χ1) is 8.98. The third-order valence-corrected chi connectivity index (χ3v) is 2.75. The first-order valence-corrected chi connectivity index (χ1v) is 6.22. The molecular formula is C15H18N2O2. The molecule has 0 saturated heterocycles. The molecule has 1 aromatic heterocycles. The van der Waals surface area contributed by atoms with Gasteiger partial charge in [-0.3, -0.25) is 9.36 Å². The summed E-state index contributed by atoms with van der Waals surface area (Å²) in [5.41, 5.74) is -0.482. The summed E-state index contributed by atoms with van der Waals surface area (Å²) < 4.78 is 7.50. The summed E-state index contributed by atoms with van der Waals surface area (Å²) in [6.07, 6.45) is 4.27. The van der Waals surface area contributed by atoms with Crippen LogP contribution in [0.1, 0.15) is 27.0 Å². The van der Waals surface area contributed by atoms with E-state index in [1.54, 1.807) is 23.3 Å². The van der Waals surface area contributed by atoms with Crippen molar-refractivity contribution in [2.75, 3.05) is 0 Å². The predicted molar refractivity (Wildman–Crippen MR) is 72.8 cm³/mol. The van der Waals surface area contributed by atoms with Gasteiger partial charge in [0.2, 0.25) is 6.23 Å². The molecule has 0 aliphatic rings. The second-order valence-electron chi connectivity index (χ2n) is 5.41. The zero-order valence-electron chi connectivity index (χ0n) is 11.4. The number of carbonyl (C=O) groups excluding carboxylic acids is 1. The van der Waals surface area contributed by atoms with Crippen molar-refractivity contribution < 1.29 is 9.53 Å². The number of nitrogens with zero attached hydrogens (tertiary/aromatic N) is 2. The van der Waals surface area contributed by atoms with Crippen LogP contribution in [-0.2, 0) is 4.79 Å². The fourth-order valence-electron chi connectivity index (χ4n) is 1.66. The standard InChI is InChI=1S/C15H18N2O2/c1-15(2,3)13(18)14(17-10-9-16-11-17)19-12-7-5-4-6-8-12/h4-11,14H,1-3H3/t14-/m1/s1. The van der Waals surface area contributed by atoms with Crippen LogP contribution >= 0.6 is 0 Å². The molecule has 100 valence electrons. The normalized spacial score (nSPS) is 13.0. The molecule has 2 aromatic rings. The van der Waals surface area contributed by atoms with Crippen LogP contribution in [0.5, 0.6) is 5.75 Å². The van der Waals surface area contributed by atoms with Crippen molar-refractivity contribution in [3.8, 4) is 5.75 Å². The average Bonchev–Trinajstić information content (AvgIpc) is 2.89. The molecule has 4 nitrogen and oxygen atoms in total. The van der Waals surface area contributed by atoms with E-state index in [2.05, 4.69) is 4.98 Å². The summed E-state index contributed by atoms with van der Waals surface area (Å²) in [6.45, 7) is 5.65. The van der Waals surface area contributed by atoms with Gasteiger partial charge in [0, 0.05) is 17.8 Å². The number of ether oxygens (including phenoxy) is 1. The van der Waals surface area contributed by atoms with Gasteiger partial charge in [-0.15, -0.1) is 0 Å². The number of benzene rings is 1. The smallest absolute Gasteiger partial charge is 0.236 e. The fourth-order valence-corrected chi connectivity index (χ4v) is 1.66. The maximum absolute atomic E-state index is 12.5. The van der Waals surface area contributed by atoms with Crippen LogP contribution < -0.4 is 4.74 Å². The van der Waals surface area contributed by atoms with Gasteiger partial charge in [-0.05, 0) is 12.1 Å². The van der Waals surface area contributed by atoms with Gasteiger partial charge in [0.15, 0.2) is 5.78 Å². The first-order valence-electron chi connectivity index (χ1n) is 6.22. The third kappa shape index (κ3) is 3.22. The second-order valence-corrected chi connectivity index (χ2v) is 5.41. The molecule has 0 fully saturated rings. The van der Waals surface area contributed by atoms with Gasteiger partial charge in [-0.1, -0.05) is 39.0 Å². The number of Topliss-reactive ketones (excluding diaryl/α,β-unsaturated/α-hetero) is 1. The molecule has 0 bridgehead atoms. The lowest BCUT2D eigenvalue weighted by atomic mass is 9.89. The van der Waals surface area contributed by atoms with E-state index in [0.29, 0.717) is 5.75 Å². The highest BCUT2D eigenvalue weighted by Gasteiger charge is 2.32. The highest BCUT2D eigenvalue weighted by molar-refractivity contribution is 5.86. The minimum atomic E-state index is -0.690. The summed E-state index contributed by atoms with van der Waals surface area (Å²) in [7, 11) is 0. The molecule has 2 rings (SSSR count). The van der Waals surface area contributed by atoms with Gasteiger partial charge in [-0.25, -0.2) is 4.98 Å². The van der Waals surface area contributed by atoms with E-state index in [1.807, 2.05) is 51.1 Å². The Balaban J connectivity index is 2.28. The predicted octanol–water partition coefficient (Wildman–Crippen LogP) is 3.08. The van der Waals surface area contributed by atoms with Crippen LogP contribution in [0.3, 0.4) is 0 Å². The van der Waals surface area contributed by atoms with E-state index in [9.17, 15) is 4.79 Å². The van der Waals surface area contributed by atoms with E-state index < -0.39 is 11.6 Å². The van der Waals surface area contributed by atoms with E-state index in [0.717, 1.165) is 0 Å². The molecule has 0 unspecified atom stereocenters. The molecule has 1 heterocycles. The number of imidazole rings is 1. The van der Waals surface area contributed by atoms with E-state index in [-0.39, 0.29) is 5.78 Å². The van der Waals surface area contributed by atoms with Crippen LogP contribution in [0, 0.1) is 5.41 Å². The van der Waals surface area contributed by atoms with Gasteiger partial charge < -0.3 is 4.74 Å². The van der Waals surface area contributed by atoms with Crippen LogP contribution in [0.15, 0.2) is 49.1 Å². The molecule has 0 saturated carbocycles. The molecule has 0 amide bonds. The summed E-state index contributed by atoms with van der Waals surface area (Å²) in [5, 5.41) is 0. The molecule has 0 N–H and O–H groups in total. The highest BCUT2D eigenvalue weighted by Crippen LogP contribution is 2.26. The Morgan fingerprint density at radius 2 is 1.95 bits per heavy atom. The third-order valence-electron chi connectivity index (χ3n) is 2.75. The van der Waals surface area contributed by atoms with Crippen molar-refractivity contribution in [1.29, 1.82) is 0 Å². The SMILES string of the molecule is CC(C)(C)C(=O)[C@@H](Oc1ccccc1)n1ccnc1. The molecule has 1 aromatic carbocycles. The van der Waals surface area contributed by atoms with Crippen LogP contribution in [0.4, 0.5) is 0 Å². The molecule has 4 heteroatoms. The summed E-state index contributed by atoms with van der Waals surface area (Å²) in [4.78, 5) is 16.5. The molecule has 0 radical (unpaired) electrons. The number of hydrogen-bond donors (Lipinski definition) is 0. The Hall–Kier alpha value is -2.10. The van der Waals surface area contributed by atoms with Gasteiger partial charge in [0.1, 0.15) is 5.75 Å². The topological polar surface area (TPSA) is 44.1 Å². The summed E-state index contributed by atoms with van der Waals surface area (Å²) in [5.74, 6) is 0.674. The number of ketones is 1. The van der Waals surface area contributed by atoms with Gasteiger partial charge in [0.25, 0.3) is 0 Å². The van der Waals surface area contributed by atoms with Crippen LogP contribution in [0.25, 0.3) is 0 Å². The number of aromatic nitrogens is 2. The van der Waals surface area contributed by atoms with Crippen molar-refractivity contribution in [2.24, 2.45) is 5.41 Å². The van der Waals surface area contributed by atoms with Gasteiger partial charge in [0.05, 0.1) is 6.33 Å². The lowest BCUT2D eigenvalue weighted by Crippen LogP contribution is -2.33. The van der Waals surface area contributed by atoms with Crippen molar-refractivity contribution in [1.82, 2.24) is 9.55 Å². The fraction of sp³-hybridized carbons (Fsp3) is 0.333. The lowest BCUT2D eigenvalue weighted by molar-refractivity contribution is -0.137. The minimum Gasteiger partial charge on any atom is -0.463 e. The van der Waals surface area contributed by atoms with Crippen LogP contribution in [-0.4, -0.2) is 15.3 Å². The Morgan fingerprint density at radius 3 is 2.47 bits per heavy atom. The quantitative estimate of drug-likeness (QED) is 0.846. The number of rotatable bonds is 4. The molecule has 19 heavy (non-hydrogen) atoms. The summed E-state index contributed by atoms with van der Waals surface area (Å²) >= 11 is 0. The van der Waals surface area contributed by atoms with Crippen molar-refractivity contribution in [3.05, 3.63) is 49.1 Å². The van der Waals surface area contributed by atoms with Crippen molar-refractivity contribution in [3.63, 3.8) is 0 Å². The number of carbonyl (C=O) groups is 1. The maximum atomic E-state index is 12.5. The Kier molecular flexibility index (Phi) is 3.69. The molecule has 0 aliphatic carbocycles. The van der Waals surface area contributed by atoms with Gasteiger partial charge >= 0.3 is 0 Å². The Labute approximate surface area is 113 Å². The number of hydrogen-bond acceptors (Lipinski definition) is 3. The van der Waals surface area contributed by atoms with Crippen molar-refractivity contribution in [2.45, 2.75) is 27.0 Å². The largest absolute Gasteiger partial charge is 0.463 e. The minimum absolute atomic E-state index is 0.00866. The molecular weight excluding hydrogens is 240 g/mol. The van der Waals surface area contributed by atoms with E-state index in [4.69, 9.17) is 4.74 Å². The zero-order valence-corrected chi connectivity index (χ0v) is 11.4. The summed E-state index contributed by atoms with van der Waals surface area (Å²) in [6, 6.07) is 9.33. The molecule has 0 aliphatic heterocycles. The van der Waals surface area contributed by atoms with E-state index >= 15 is 0 Å². The highest BCUT2D eigenvalue weighted by atomic mass is 16.5. The van der Waals surface area contributed by atoms with E-state index in [1.165, 1.54) is 0 Å². The lowest BCUT2D eigenvalue weighted by Gasteiger charge is -2.26. The van der Waals surface area contributed by atoms with Gasteiger partial charge in [-0.2, -0.15) is 0 Å².